The summed E-state index contributed by atoms with van der Waals surface area (Å²) in [4.78, 5) is 9.13. The van der Waals surface area contributed by atoms with Crippen LogP contribution in [0.3, 0.4) is 0 Å². The third-order valence-corrected chi connectivity index (χ3v) is 10.5. The van der Waals surface area contributed by atoms with Gasteiger partial charge in [-0.25, -0.2) is 0 Å². The van der Waals surface area contributed by atoms with Crippen LogP contribution in [0.25, 0.3) is 21.8 Å². The van der Waals surface area contributed by atoms with E-state index in [0.29, 0.717) is 26.3 Å². The number of fused-ring (bicyclic) bond motifs is 2. The Morgan fingerprint density at radius 1 is 0.545 bits per heavy atom. The first-order chi connectivity index (χ1) is 10.9. The molecule has 0 atom stereocenters. The first kappa shape index (κ1) is 13.9. The molecule has 2 heterocycles. The van der Waals surface area contributed by atoms with Crippen molar-refractivity contribution in [3.05, 3.63) is 73.1 Å². The first-order valence-electron chi connectivity index (χ1n) is 6.94. The van der Waals surface area contributed by atoms with Crippen molar-refractivity contribution < 1.29 is 0 Å². The average Bonchev–Trinajstić information content (AvgIpc) is 2.60. The number of benzene rings is 2. The van der Waals surface area contributed by atoms with Crippen LogP contribution in [0.5, 0.6) is 0 Å². The number of hydrogen-bond donors (Lipinski definition) is 0. The van der Waals surface area contributed by atoms with Crippen molar-refractivity contribution in [2.24, 2.45) is 0 Å². The number of nitrogens with zero attached hydrogens (tertiary/aromatic N) is 2. The molecule has 0 fully saturated rings. The van der Waals surface area contributed by atoms with Gasteiger partial charge in [0, 0.05) is 0 Å². The number of para-hydroxylation sites is 2. The molecule has 0 aliphatic carbocycles. The minimum atomic E-state index is 0.409. The first-order valence-corrected chi connectivity index (χ1v) is 13.0. The van der Waals surface area contributed by atoms with Gasteiger partial charge in [0.05, 0.1) is 0 Å². The van der Waals surface area contributed by atoms with E-state index in [1.807, 2.05) is 24.5 Å². The van der Waals surface area contributed by atoms with Gasteiger partial charge in [0.15, 0.2) is 0 Å². The van der Waals surface area contributed by atoms with Crippen LogP contribution < -0.4 is 8.92 Å². The Morgan fingerprint density at radius 3 is 1.50 bits per heavy atom. The Labute approximate surface area is 139 Å². The normalized spacial score (nSPS) is 11.1. The van der Waals surface area contributed by atoms with Crippen molar-refractivity contribution in [2.75, 3.05) is 0 Å². The van der Waals surface area contributed by atoms with Gasteiger partial charge in [-0.1, -0.05) is 0 Å². The molecule has 4 heteroatoms. The summed E-state index contributed by atoms with van der Waals surface area (Å²) in [5.74, 6) is 0. The second-order valence-corrected chi connectivity index (χ2v) is 11.0. The SMILES string of the molecule is c1cnc2c([Se][Se]c3cccc4cccnc34)cccc2c1. The quantitative estimate of drug-likeness (QED) is 0.480. The van der Waals surface area contributed by atoms with E-state index in [1.165, 1.54) is 19.7 Å². The van der Waals surface area contributed by atoms with Gasteiger partial charge in [0.2, 0.25) is 0 Å². The van der Waals surface area contributed by atoms with E-state index >= 15 is 0 Å². The topological polar surface area (TPSA) is 25.8 Å². The molecular weight excluding hydrogens is 402 g/mol. The van der Waals surface area contributed by atoms with Crippen LogP contribution in [0.1, 0.15) is 0 Å². The molecule has 0 amide bonds. The second-order valence-electron chi connectivity index (χ2n) is 4.83. The van der Waals surface area contributed by atoms with E-state index in [2.05, 4.69) is 58.5 Å². The zero-order valence-corrected chi connectivity index (χ0v) is 15.1. The summed E-state index contributed by atoms with van der Waals surface area (Å²) in [6.07, 6.45) is 3.77. The molecular formula is C18H12N2Se2. The number of rotatable bonds is 3. The zero-order valence-electron chi connectivity index (χ0n) is 11.6. The van der Waals surface area contributed by atoms with Crippen LogP contribution in [0, 0.1) is 0 Å². The molecule has 0 aliphatic rings. The van der Waals surface area contributed by atoms with Crippen LogP contribution in [-0.4, -0.2) is 36.2 Å². The summed E-state index contributed by atoms with van der Waals surface area (Å²) in [6.45, 7) is 0. The third-order valence-electron chi connectivity index (χ3n) is 3.41. The van der Waals surface area contributed by atoms with Gasteiger partial charge in [-0.05, 0) is 0 Å². The number of pyridine rings is 2. The van der Waals surface area contributed by atoms with Crippen molar-refractivity contribution in [1.29, 1.82) is 0 Å². The Morgan fingerprint density at radius 2 is 1.00 bits per heavy atom. The van der Waals surface area contributed by atoms with Gasteiger partial charge < -0.3 is 0 Å². The van der Waals surface area contributed by atoms with Gasteiger partial charge >= 0.3 is 140 Å². The van der Waals surface area contributed by atoms with Gasteiger partial charge in [-0.15, -0.1) is 0 Å². The maximum atomic E-state index is 4.57. The summed E-state index contributed by atoms with van der Waals surface area (Å²) in [6, 6.07) is 21.2. The summed E-state index contributed by atoms with van der Waals surface area (Å²) in [5.41, 5.74) is 2.31. The van der Waals surface area contributed by atoms with Gasteiger partial charge in [-0.3, -0.25) is 0 Å². The zero-order chi connectivity index (χ0) is 14.8. The van der Waals surface area contributed by atoms with Crippen molar-refractivity contribution >= 4 is 57.0 Å². The monoisotopic (exact) mass is 416 g/mol. The van der Waals surface area contributed by atoms with Crippen molar-refractivity contribution in [1.82, 2.24) is 9.97 Å². The molecule has 0 radical (unpaired) electrons. The minimum absolute atomic E-state index is 0.409. The van der Waals surface area contributed by atoms with E-state index in [0.717, 1.165) is 11.0 Å². The molecule has 0 aliphatic heterocycles. The average molecular weight is 414 g/mol. The maximum absolute atomic E-state index is 4.57. The van der Waals surface area contributed by atoms with E-state index in [1.54, 1.807) is 0 Å². The second kappa shape index (κ2) is 6.19. The van der Waals surface area contributed by atoms with Gasteiger partial charge in [0.1, 0.15) is 0 Å². The van der Waals surface area contributed by atoms with Crippen molar-refractivity contribution in [3.63, 3.8) is 0 Å². The molecule has 0 bridgehead atoms. The summed E-state index contributed by atoms with van der Waals surface area (Å²) in [5, 5.41) is 2.46. The Kier molecular flexibility index (Phi) is 3.92. The summed E-state index contributed by atoms with van der Waals surface area (Å²) in [7, 11) is 0. The fourth-order valence-corrected chi connectivity index (χ4v) is 9.25. The predicted molar refractivity (Wildman–Crippen MR) is 94.3 cm³/mol. The molecule has 2 nitrogen and oxygen atoms in total. The van der Waals surface area contributed by atoms with E-state index in [-0.39, 0.29) is 0 Å². The molecule has 4 rings (SSSR count). The van der Waals surface area contributed by atoms with Crippen LogP contribution in [-0.2, 0) is 0 Å². The Hall–Kier alpha value is -1.70. The van der Waals surface area contributed by atoms with Crippen LogP contribution >= 0.6 is 0 Å². The van der Waals surface area contributed by atoms with Gasteiger partial charge in [-0.2, -0.15) is 0 Å². The summed E-state index contributed by atoms with van der Waals surface area (Å²) >= 11 is 0.819. The Balaban J connectivity index is 1.69. The third kappa shape index (κ3) is 2.67. The predicted octanol–water partition coefficient (Wildman–Crippen LogP) is 2.06. The number of hydrogen-bond acceptors (Lipinski definition) is 2. The standard InChI is InChI=1S/C18H12N2Se2/c1-5-13-7-3-11-19-17(13)15(9-1)21-22-16-10-2-6-14-8-4-12-20-18(14)16/h1-12H. The molecule has 4 aromatic rings. The van der Waals surface area contributed by atoms with Gasteiger partial charge in [0.25, 0.3) is 0 Å². The fourth-order valence-electron chi connectivity index (χ4n) is 2.38. The van der Waals surface area contributed by atoms with E-state index < -0.39 is 0 Å². The van der Waals surface area contributed by atoms with E-state index in [4.69, 9.17) is 0 Å². The van der Waals surface area contributed by atoms with Crippen LogP contribution in [0.15, 0.2) is 73.1 Å². The molecule has 0 saturated heterocycles. The Bertz CT molecular complexity index is 864. The molecule has 0 N–H and O–H groups in total. The molecule has 22 heavy (non-hydrogen) atoms. The van der Waals surface area contributed by atoms with Crippen molar-refractivity contribution in [2.45, 2.75) is 0 Å². The molecule has 0 saturated carbocycles. The summed E-state index contributed by atoms with van der Waals surface area (Å²) < 4.78 is 2.78. The molecule has 0 unspecified atom stereocenters. The van der Waals surface area contributed by atoms with Crippen LogP contribution in [0.2, 0.25) is 0 Å². The fraction of sp³-hybridized carbons (Fsp3) is 0. The van der Waals surface area contributed by atoms with Crippen molar-refractivity contribution in [3.8, 4) is 0 Å². The molecule has 2 aromatic carbocycles. The van der Waals surface area contributed by atoms with Crippen LogP contribution in [0.4, 0.5) is 0 Å². The molecule has 0 spiro atoms. The molecule has 106 valence electrons. The number of aromatic nitrogens is 2. The van der Waals surface area contributed by atoms with E-state index in [9.17, 15) is 0 Å². The molecule has 2 aromatic heterocycles.